The summed E-state index contributed by atoms with van der Waals surface area (Å²) in [4.78, 5) is 23.4. The van der Waals surface area contributed by atoms with E-state index in [-0.39, 0.29) is 5.91 Å². The highest BCUT2D eigenvalue weighted by Crippen LogP contribution is 2.27. The van der Waals surface area contributed by atoms with Crippen LogP contribution in [0.25, 0.3) is 0 Å². The molecule has 0 atom stereocenters. The maximum Gasteiger partial charge on any atom is 0.260 e. The van der Waals surface area contributed by atoms with Gasteiger partial charge in [-0.25, -0.2) is 13.8 Å². The fraction of sp³-hybridized carbons (Fsp3) is 0.211. The monoisotopic (exact) mass is 480 g/mol. The van der Waals surface area contributed by atoms with Gasteiger partial charge < -0.3 is 5.32 Å². The Kier molecular flexibility index (Phi) is 7.52. The predicted octanol–water partition coefficient (Wildman–Crippen LogP) is 2.71. The molecule has 0 saturated heterocycles. The van der Waals surface area contributed by atoms with Crippen LogP contribution in [-0.4, -0.2) is 38.7 Å². The van der Waals surface area contributed by atoms with E-state index in [0.717, 1.165) is 16.1 Å². The first kappa shape index (κ1) is 22.6. The summed E-state index contributed by atoms with van der Waals surface area (Å²) in [7, 11) is -3.68. The smallest absolute Gasteiger partial charge is 0.260 e. The zero-order valence-electron chi connectivity index (χ0n) is 16.1. The summed E-state index contributed by atoms with van der Waals surface area (Å²) in [5, 5.41) is 6.69. The molecule has 0 aliphatic carbocycles. The lowest BCUT2D eigenvalue weighted by Gasteiger charge is -2.22. The van der Waals surface area contributed by atoms with Gasteiger partial charge in [0.05, 0.1) is 17.7 Å². The number of hydrogen-bond donors (Lipinski definition) is 2. The highest BCUT2D eigenvalue weighted by atomic mass is 79.9. The molecule has 2 amide bonds. The number of rotatable bonds is 7. The van der Waals surface area contributed by atoms with Crippen LogP contribution in [0.5, 0.6) is 0 Å². The van der Waals surface area contributed by atoms with Crippen molar-refractivity contribution in [3.8, 4) is 0 Å². The third-order valence-corrected chi connectivity index (χ3v) is 5.58. The molecule has 0 spiro atoms. The van der Waals surface area contributed by atoms with Crippen LogP contribution in [0.3, 0.4) is 0 Å². The summed E-state index contributed by atoms with van der Waals surface area (Å²) < 4.78 is 25.8. The lowest BCUT2D eigenvalue weighted by atomic mass is 10.1. The quantitative estimate of drug-likeness (QED) is 0.468. The van der Waals surface area contributed by atoms with Gasteiger partial charge in [0.2, 0.25) is 15.9 Å². The molecular formula is C19H21BrN4O4S. The van der Waals surface area contributed by atoms with Gasteiger partial charge in [0.15, 0.2) is 0 Å². The topological polar surface area (TPSA) is 108 Å². The number of nitrogens with zero attached hydrogens (tertiary/aromatic N) is 2. The maximum absolute atomic E-state index is 12.3. The first-order valence-electron chi connectivity index (χ1n) is 8.51. The Labute approximate surface area is 178 Å². The fourth-order valence-corrected chi connectivity index (χ4v) is 3.89. The summed E-state index contributed by atoms with van der Waals surface area (Å²) in [5.74, 6) is -0.753. The Hall–Kier alpha value is -2.72. The van der Waals surface area contributed by atoms with Crippen molar-refractivity contribution in [2.45, 2.75) is 13.8 Å². The molecule has 2 N–H and O–H groups in total. The minimum absolute atomic E-state index is 0.170. The van der Waals surface area contributed by atoms with Gasteiger partial charge in [-0.3, -0.25) is 13.9 Å². The molecule has 0 aliphatic rings. The highest BCUT2D eigenvalue weighted by Gasteiger charge is 2.22. The zero-order valence-corrected chi connectivity index (χ0v) is 18.5. The average molecular weight is 481 g/mol. The first-order chi connectivity index (χ1) is 13.6. The molecule has 0 aromatic heterocycles. The number of halogens is 1. The van der Waals surface area contributed by atoms with E-state index in [0.29, 0.717) is 21.6 Å². The van der Waals surface area contributed by atoms with Crippen LogP contribution in [0, 0.1) is 0 Å². The van der Waals surface area contributed by atoms with E-state index in [1.807, 2.05) is 0 Å². The molecule has 154 valence electrons. The molecule has 0 radical (unpaired) electrons. The molecule has 29 heavy (non-hydrogen) atoms. The standard InChI is InChI=1S/C19H21BrN4O4S/c1-13(15-8-10-16(11-9-15)21-14(2)25)22-23-19(26)12-24(29(3,27)28)18-7-5-4-6-17(18)20/h4-11H,12H2,1-3H3,(H,21,25)(H,23,26)/b22-13-. The lowest BCUT2D eigenvalue weighted by Crippen LogP contribution is -2.39. The Morgan fingerprint density at radius 1 is 1.07 bits per heavy atom. The van der Waals surface area contributed by atoms with Crippen LogP contribution < -0.4 is 15.0 Å². The number of nitrogens with one attached hydrogen (secondary N) is 2. The molecule has 2 aromatic carbocycles. The number of carbonyl (C=O) groups excluding carboxylic acids is 2. The molecule has 0 fully saturated rings. The summed E-state index contributed by atoms with van der Waals surface area (Å²) in [6, 6.07) is 13.7. The Bertz CT molecular complexity index is 1040. The number of anilines is 2. The summed E-state index contributed by atoms with van der Waals surface area (Å²) in [6.45, 7) is 2.71. The number of benzene rings is 2. The van der Waals surface area contributed by atoms with E-state index in [1.54, 1.807) is 55.5 Å². The average Bonchev–Trinajstić information content (AvgIpc) is 2.64. The van der Waals surface area contributed by atoms with E-state index in [9.17, 15) is 18.0 Å². The third-order valence-electron chi connectivity index (χ3n) is 3.78. The minimum atomic E-state index is -3.68. The second kappa shape index (κ2) is 9.66. The van der Waals surface area contributed by atoms with Gasteiger partial charge in [0.1, 0.15) is 6.54 Å². The first-order valence-corrected chi connectivity index (χ1v) is 11.2. The van der Waals surface area contributed by atoms with Gasteiger partial charge >= 0.3 is 0 Å². The zero-order chi connectivity index (χ0) is 21.6. The van der Waals surface area contributed by atoms with Crippen LogP contribution in [0.15, 0.2) is 58.1 Å². The van der Waals surface area contributed by atoms with Crippen LogP contribution in [-0.2, 0) is 19.6 Å². The Morgan fingerprint density at radius 3 is 2.24 bits per heavy atom. The van der Waals surface area contributed by atoms with Gasteiger partial charge in [-0.2, -0.15) is 5.10 Å². The molecule has 0 heterocycles. The Balaban J connectivity index is 2.10. The molecule has 10 heteroatoms. The number of hydrazone groups is 1. The molecule has 0 bridgehead atoms. The second-order valence-electron chi connectivity index (χ2n) is 6.21. The van der Waals surface area contributed by atoms with Gasteiger partial charge in [0, 0.05) is 17.1 Å². The number of para-hydroxylation sites is 1. The predicted molar refractivity (Wildman–Crippen MR) is 117 cm³/mol. The summed E-state index contributed by atoms with van der Waals surface area (Å²) in [5.41, 5.74) is 4.65. The van der Waals surface area contributed by atoms with Crippen molar-refractivity contribution in [2.24, 2.45) is 5.10 Å². The van der Waals surface area contributed by atoms with Gasteiger partial charge in [-0.15, -0.1) is 0 Å². The molecule has 0 saturated carbocycles. The molecule has 2 aromatic rings. The van der Waals surface area contributed by atoms with Crippen LogP contribution in [0.1, 0.15) is 19.4 Å². The molecule has 2 rings (SSSR count). The van der Waals surface area contributed by atoms with Crippen LogP contribution in [0.4, 0.5) is 11.4 Å². The van der Waals surface area contributed by atoms with Crippen molar-refractivity contribution in [1.82, 2.24) is 5.43 Å². The van der Waals surface area contributed by atoms with Crippen molar-refractivity contribution in [1.29, 1.82) is 0 Å². The molecule has 0 aliphatic heterocycles. The SMILES string of the molecule is CC(=O)Nc1ccc(/C(C)=N\NC(=O)CN(c2ccccc2Br)S(C)(=O)=O)cc1. The highest BCUT2D eigenvalue weighted by molar-refractivity contribution is 9.10. The number of hydrogen-bond acceptors (Lipinski definition) is 5. The van der Waals surface area contributed by atoms with Gasteiger partial charge in [0.25, 0.3) is 5.91 Å². The second-order valence-corrected chi connectivity index (χ2v) is 8.97. The van der Waals surface area contributed by atoms with Crippen LogP contribution in [0.2, 0.25) is 0 Å². The number of carbonyl (C=O) groups is 2. The molecule has 8 nitrogen and oxygen atoms in total. The molecule has 0 unspecified atom stereocenters. The van der Waals surface area contributed by atoms with Crippen molar-refractivity contribution in [3.05, 3.63) is 58.6 Å². The van der Waals surface area contributed by atoms with E-state index in [2.05, 4.69) is 31.8 Å². The number of amides is 2. The largest absolute Gasteiger partial charge is 0.326 e. The van der Waals surface area contributed by atoms with E-state index >= 15 is 0 Å². The molecular weight excluding hydrogens is 460 g/mol. The van der Waals surface area contributed by atoms with Crippen molar-refractivity contribution in [3.63, 3.8) is 0 Å². The fourth-order valence-electron chi connectivity index (χ4n) is 2.41. The van der Waals surface area contributed by atoms with E-state index in [1.165, 1.54) is 6.92 Å². The van der Waals surface area contributed by atoms with Gasteiger partial charge in [-0.05, 0) is 52.7 Å². The van der Waals surface area contributed by atoms with E-state index in [4.69, 9.17) is 0 Å². The Morgan fingerprint density at radius 2 is 1.69 bits per heavy atom. The van der Waals surface area contributed by atoms with Crippen LogP contribution >= 0.6 is 15.9 Å². The maximum atomic E-state index is 12.3. The van der Waals surface area contributed by atoms with Crippen molar-refractivity contribution < 1.29 is 18.0 Å². The van der Waals surface area contributed by atoms with Crippen molar-refractivity contribution >= 4 is 54.9 Å². The lowest BCUT2D eigenvalue weighted by molar-refractivity contribution is -0.119. The summed E-state index contributed by atoms with van der Waals surface area (Å²) >= 11 is 3.30. The minimum Gasteiger partial charge on any atom is -0.326 e. The van der Waals surface area contributed by atoms with E-state index < -0.39 is 22.5 Å². The normalized spacial score (nSPS) is 11.7. The van der Waals surface area contributed by atoms with Gasteiger partial charge in [-0.1, -0.05) is 24.3 Å². The summed E-state index contributed by atoms with van der Waals surface area (Å²) in [6.07, 6.45) is 1.03. The third kappa shape index (κ3) is 6.68. The number of sulfonamides is 1. The van der Waals surface area contributed by atoms with Crippen molar-refractivity contribution in [2.75, 3.05) is 22.4 Å².